The Morgan fingerprint density at radius 2 is 2.11 bits per heavy atom. The zero-order chi connectivity index (χ0) is 20.9. The molecule has 2 rings (SSSR count). The van der Waals surface area contributed by atoms with Gasteiger partial charge in [0.05, 0.1) is 13.2 Å². The molecule has 1 saturated heterocycles. The number of aliphatic hydroxyl groups excluding tert-OH is 2. The number of nitrogens with zero attached hydrogens (tertiary/aromatic N) is 1. The molecule has 4 atom stereocenters. The van der Waals surface area contributed by atoms with Crippen molar-refractivity contribution < 1.29 is 42.4 Å². The van der Waals surface area contributed by atoms with Gasteiger partial charge in [-0.1, -0.05) is 0 Å². The minimum absolute atomic E-state index is 0.321. The lowest BCUT2D eigenvalue weighted by Crippen LogP contribution is -2.40. The van der Waals surface area contributed by atoms with E-state index >= 15 is 0 Å². The number of alkyl halides is 3. The molecule has 0 bridgehead atoms. The number of aliphatic hydroxyl groups is 2. The minimum atomic E-state index is -5.00. The number of aromatic amines is 1. The van der Waals surface area contributed by atoms with Gasteiger partial charge in [-0.05, 0) is 0 Å². The molecule has 0 radical (unpaired) electrons. The van der Waals surface area contributed by atoms with Crippen LogP contribution in [0.5, 0.6) is 0 Å². The van der Waals surface area contributed by atoms with Gasteiger partial charge in [0.25, 0.3) is 5.56 Å². The Balaban J connectivity index is 1.91. The molecule has 1 amide bonds. The second-order valence-electron chi connectivity index (χ2n) is 5.67. The van der Waals surface area contributed by atoms with Crippen molar-refractivity contribution in [3.05, 3.63) is 33.1 Å². The van der Waals surface area contributed by atoms with Crippen LogP contribution in [0.15, 0.2) is 21.9 Å². The average molecular weight is 413 g/mol. The highest BCUT2D eigenvalue weighted by molar-refractivity contribution is 5.81. The summed E-state index contributed by atoms with van der Waals surface area (Å²) in [5.41, 5.74) is -1.49. The van der Waals surface area contributed by atoms with Crippen LogP contribution in [-0.2, 0) is 19.0 Å². The summed E-state index contributed by atoms with van der Waals surface area (Å²) < 4.78 is 52.6. The fourth-order valence-corrected chi connectivity index (χ4v) is 2.42. The van der Waals surface area contributed by atoms with Crippen molar-refractivity contribution in [1.29, 1.82) is 0 Å². The summed E-state index contributed by atoms with van der Waals surface area (Å²) in [5.74, 6) is -2.11. The summed E-state index contributed by atoms with van der Waals surface area (Å²) >= 11 is 0. The summed E-state index contributed by atoms with van der Waals surface area (Å²) in [6.45, 7) is -1.86. The van der Waals surface area contributed by atoms with Crippen molar-refractivity contribution in [1.82, 2.24) is 14.9 Å². The Kier molecular flexibility index (Phi) is 7.31. The maximum Gasteiger partial charge on any atom is 0.471 e. The molecule has 0 saturated carbocycles. The van der Waals surface area contributed by atoms with Crippen LogP contribution in [0.2, 0.25) is 0 Å². The van der Waals surface area contributed by atoms with Crippen molar-refractivity contribution in [2.45, 2.75) is 30.7 Å². The highest BCUT2D eigenvalue weighted by Crippen LogP contribution is 2.30. The lowest BCUT2D eigenvalue weighted by atomic mass is 10.1. The van der Waals surface area contributed by atoms with Crippen molar-refractivity contribution in [3.8, 4) is 0 Å². The quantitative estimate of drug-likeness (QED) is 0.277. The van der Waals surface area contributed by atoms with E-state index in [1.165, 1.54) is 0 Å². The van der Waals surface area contributed by atoms with Crippen molar-refractivity contribution in [3.63, 3.8) is 0 Å². The zero-order valence-electron chi connectivity index (χ0n) is 14.2. The van der Waals surface area contributed by atoms with Crippen LogP contribution in [0.1, 0.15) is 6.23 Å². The van der Waals surface area contributed by atoms with E-state index in [1.54, 1.807) is 5.32 Å². The van der Waals surface area contributed by atoms with Crippen LogP contribution >= 0.6 is 0 Å². The number of aromatic nitrogens is 2. The molecule has 158 valence electrons. The van der Waals surface area contributed by atoms with E-state index < -0.39 is 67.8 Å². The molecule has 4 N–H and O–H groups in total. The van der Waals surface area contributed by atoms with E-state index in [1.807, 2.05) is 4.98 Å². The number of nitrogens with one attached hydrogen (secondary N) is 2. The van der Waals surface area contributed by atoms with Crippen molar-refractivity contribution in [2.75, 3.05) is 26.6 Å². The van der Waals surface area contributed by atoms with Gasteiger partial charge in [-0.3, -0.25) is 19.1 Å². The number of H-pyrrole nitrogens is 1. The second kappa shape index (κ2) is 9.29. The third kappa shape index (κ3) is 5.39. The minimum Gasteiger partial charge on any atom is -0.394 e. The van der Waals surface area contributed by atoms with E-state index in [0.717, 1.165) is 16.8 Å². The third-order valence-corrected chi connectivity index (χ3v) is 3.75. The molecule has 0 spiro atoms. The van der Waals surface area contributed by atoms with Crippen molar-refractivity contribution in [2.24, 2.45) is 0 Å². The third-order valence-electron chi connectivity index (χ3n) is 3.75. The molecule has 1 aliphatic heterocycles. The first-order valence-electron chi connectivity index (χ1n) is 7.95. The van der Waals surface area contributed by atoms with Gasteiger partial charge >= 0.3 is 17.8 Å². The number of amides is 1. The Hall–Kier alpha value is -2.26. The fraction of sp³-hybridized carbons (Fsp3) is 0.643. The first kappa shape index (κ1) is 22.0. The lowest BCUT2D eigenvalue weighted by Gasteiger charge is -2.22. The van der Waals surface area contributed by atoms with Gasteiger partial charge in [0.1, 0.15) is 25.1 Å². The standard InChI is InChI=1S/C14H18F3N3O8/c15-14(16,17)12(24)18-2-4-26-6-27-10-9(23)7(5-21)28-11(10)20-3-1-8(22)19-13(20)25/h1,3,7,9-11,21,23H,2,4-6H2,(H,18,24)(H,19,22,25)/t7-,9-,10-,11-/m1/s1. The predicted octanol–water partition coefficient (Wildman–Crippen LogP) is -2.17. The maximum absolute atomic E-state index is 12.0. The Morgan fingerprint density at radius 3 is 2.71 bits per heavy atom. The van der Waals surface area contributed by atoms with E-state index in [2.05, 4.69) is 0 Å². The summed E-state index contributed by atoms with van der Waals surface area (Å²) in [4.78, 5) is 35.7. The SMILES string of the molecule is O=C(NCCOCO[C@@H]1[C@H](O)[C@@H](CO)O[C@H]1n1ccc(=O)[nH]c1=O)C(F)(F)F. The molecular weight excluding hydrogens is 395 g/mol. The Morgan fingerprint density at radius 1 is 1.39 bits per heavy atom. The first-order valence-corrected chi connectivity index (χ1v) is 7.95. The molecule has 11 nitrogen and oxygen atoms in total. The van der Waals surface area contributed by atoms with E-state index in [9.17, 15) is 37.8 Å². The van der Waals surface area contributed by atoms with Crippen molar-refractivity contribution >= 4 is 5.91 Å². The van der Waals surface area contributed by atoms with Gasteiger partial charge in [-0.2, -0.15) is 13.2 Å². The van der Waals surface area contributed by atoms with Crippen LogP contribution in [0.3, 0.4) is 0 Å². The molecule has 2 heterocycles. The van der Waals surface area contributed by atoms with Crippen LogP contribution in [0.4, 0.5) is 13.2 Å². The number of carbonyl (C=O) groups is 1. The van der Waals surface area contributed by atoms with Gasteiger partial charge in [0, 0.05) is 18.8 Å². The first-order chi connectivity index (χ1) is 13.1. The van der Waals surface area contributed by atoms with Gasteiger partial charge < -0.3 is 29.7 Å². The van der Waals surface area contributed by atoms with E-state index in [-0.39, 0.29) is 6.61 Å². The number of rotatable bonds is 8. The summed E-state index contributed by atoms with van der Waals surface area (Å²) in [6.07, 6.45) is -8.72. The number of hydrogen-bond acceptors (Lipinski definition) is 8. The lowest BCUT2D eigenvalue weighted by molar-refractivity contribution is -0.174. The van der Waals surface area contributed by atoms with E-state index in [0.29, 0.717) is 0 Å². The van der Waals surface area contributed by atoms with Gasteiger partial charge in [-0.25, -0.2) is 4.79 Å². The smallest absolute Gasteiger partial charge is 0.394 e. The van der Waals surface area contributed by atoms with Gasteiger partial charge in [0.15, 0.2) is 6.23 Å². The van der Waals surface area contributed by atoms with Gasteiger partial charge in [0.2, 0.25) is 0 Å². The average Bonchev–Trinajstić information content (AvgIpc) is 2.92. The molecule has 0 aliphatic carbocycles. The van der Waals surface area contributed by atoms with Crippen LogP contribution in [-0.4, -0.2) is 76.7 Å². The van der Waals surface area contributed by atoms with Crippen LogP contribution in [0, 0.1) is 0 Å². The summed E-state index contributed by atoms with van der Waals surface area (Å²) in [5, 5.41) is 21.0. The molecule has 0 aromatic carbocycles. The monoisotopic (exact) mass is 413 g/mol. The zero-order valence-corrected chi connectivity index (χ0v) is 14.2. The molecule has 1 aromatic heterocycles. The number of carbonyl (C=O) groups excluding carboxylic acids is 1. The summed E-state index contributed by atoms with van der Waals surface area (Å²) in [6, 6.07) is 1.04. The number of ether oxygens (including phenoxy) is 3. The normalized spacial score (nSPS) is 25.0. The Labute approximate surface area is 154 Å². The maximum atomic E-state index is 12.0. The molecule has 0 unspecified atom stereocenters. The van der Waals surface area contributed by atoms with E-state index in [4.69, 9.17) is 14.2 Å². The molecular formula is C14H18F3N3O8. The number of halogens is 3. The van der Waals surface area contributed by atoms with Crippen LogP contribution < -0.4 is 16.6 Å². The molecule has 14 heteroatoms. The summed E-state index contributed by atoms with van der Waals surface area (Å²) in [7, 11) is 0. The Bertz CT molecular complexity index is 780. The highest BCUT2D eigenvalue weighted by atomic mass is 19.4. The predicted molar refractivity (Wildman–Crippen MR) is 83.1 cm³/mol. The topological polar surface area (TPSA) is 152 Å². The fourth-order valence-electron chi connectivity index (χ4n) is 2.42. The largest absolute Gasteiger partial charge is 0.471 e. The highest BCUT2D eigenvalue weighted by Gasteiger charge is 2.45. The second-order valence-corrected chi connectivity index (χ2v) is 5.67. The van der Waals surface area contributed by atoms with Gasteiger partial charge in [-0.15, -0.1) is 0 Å². The molecule has 1 aliphatic rings. The molecule has 28 heavy (non-hydrogen) atoms. The molecule has 1 aromatic rings. The molecule has 1 fully saturated rings. The number of hydrogen-bond donors (Lipinski definition) is 4. The van der Waals surface area contributed by atoms with Crippen LogP contribution in [0.25, 0.3) is 0 Å².